The molecule has 2 aliphatic heterocycles. The molecular formula is C25H27F3N6O3S. The third kappa shape index (κ3) is 5.63. The number of nitrogens with zero attached hydrogens (tertiary/aromatic N) is 5. The van der Waals surface area contributed by atoms with Crippen molar-refractivity contribution in [2.45, 2.75) is 32.5 Å². The van der Waals surface area contributed by atoms with Crippen LogP contribution >= 0.6 is 11.3 Å². The Bertz CT molecular complexity index is 1300. The molecule has 38 heavy (non-hydrogen) atoms. The van der Waals surface area contributed by atoms with E-state index in [1.165, 1.54) is 12.1 Å². The third-order valence-corrected chi connectivity index (χ3v) is 7.62. The summed E-state index contributed by atoms with van der Waals surface area (Å²) < 4.78 is 38.5. The molecule has 2 aromatic rings. The van der Waals surface area contributed by atoms with Gasteiger partial charge in [-0.3, -0.25) is 14.4 Å². The van der Waals surface area contributed by atoms with Crippen LogP contribution in [0.5, 0.6) is 0 Å². The van der Waals surface area contributed by atoms with Gasteiger partial charge in [0.1, 0.15) is 5.92 Å². The molecule has 1 aromatic carbocycles. The van der Waals surface area contributed by atoms with Crippen LogP contribution in [-0.4, -0.2) is 72.2 Å². The van der Waals surface area contributed by atoms with Gasteiger partial charge in [-0.2, -0.15) is 28.4 Å². The lowest BCUT2D eigenvalue weighted by atomic mass is 9.99. The monoisotopic (exact) mass is 548 g/mol. The number of hydrogen-bond donors (Lipinski definition) is 1. The standard InChI is InChI=1S/C25H27F3N6O3S/c1-14(21-15(2)31-34(24(21)37)17-7-5-16(6-8-17)25(26,27)28)29-30-22(35)19-9-10-20(38-19)23(36)33-12-11-18(13-33)32(3)4/h5-10,18,21H,11-13H2,1-4H3,(H,30,35)/b29-14+. The molecule has 1 fully saturated rings. The number of likely N-dealkylation sites (tertiary alicyclic amines) is 1. The maximum Gasteiger partial charge on any atom is 0.416 e. The molecule has 2 atom stereocenters. The minimum Gasteiger partial charge on any atom is -0.336 e. The second-order valence-corrected chi connectivity index (χ2v) is 10.5. The van der Waals surface area contributed by atoms with Gasteiger partial charge in [-0.25, -0.2) is 5.43 Å². The molecule has 1 aromatic heterocycles. The zero-order valence-corrected chi connectivity index (χ0v) is 22.1. The van der Waals surface area contributed by atoms with Gasteiger partial charge < -0.3 is 9.80 Å². The Morgan fingerprint density at radius 1 is 1.13 bits per heavy atom. The Hall–Kier alpha value is -3.58. The van der Waals surface area contributed by atoms with Crippen molar-refractivity contribution in [1.29, 1.82) is 0 Å². The van der Waals surface area contributed by atoms with E-state index in [0.717, 1.165) is 34.9 Å². The predicted octanol–water partition coefficient (Wildman–Crippen LogP) is 3.69. The summed E-state index contributed by atoms with van der Waals surface area (Å²) in [6.07, 6.45) is -3.60. The van der Waals surface area contributed by atoms with E-state index in [4.69, 9.17) is 0 Å². The molecule has 0 radical (unpaired) electrons. The minimum absolute atomic E-state index is 0.121. The zero-order chi connectivity index (χ0) is 27.8. The Morgan fingerprint density at radius 3 is 2.39 bits per heavy atom. The molecule has 3 heterocycles. The second kappa shape index (κ2) is 10.7. The number of hydrogen-bond acceptors (Lipinski definition) is 7. The highest BCUT2D eigenvalue weighted by Gasteiger charge is 2.37. The molecule has 0 saturated carbocycles. The number of likely N-dealkylation sites (N-methyl/N-ethyl adjacent to an activating group) is 1. The maximum atomic E-state index is 13.0. The van der Waals surface area contributed by atoms with Crippen molar-refractivity contribution in [1.82, 2.24) is 15.2 Å². The van der Waals surface area contributed by atoms with E-state index < -0.39 is 29.5 Å². The summed E-state index contributed by atoms with van der Waals surface area (Å²) in [5.41, 5.74) is 2.42. The van der Waals surface area contributed by atoms with Gasteiger partial charge in [0, 0.05) is 19.1 Å². The first-order valence-electron chi connectivity index (χ1n) is 11.8. The lowest BCUT2D eigenvalue weighted by Gasteiger charge is -2.19. The fourth-order valence-corrected chi connectivity index (χ4v) is 5.22. The summed E-state index contributed by atoms with van der Waals surface area (Å²) in [7, 11) is 3.96. The summed E-state index contributed by atoms with van der Waals surface area (Å²) in [4.78, 5) is 43.1. The average Bonchev–Trinajstić information content (AvgIpc) is 3.61. The van der Waals surface area contributed by atoms with Crippen LogP contribution in [0.15, 0.2) is 46.6 Å². The van der Waals surface area contributed by atoms with Gasteiger partial charge in [0.05, 0.1) is 32.4 Å². The first-order valence-corrected chi connectivity index (χ1v) is 12.6. The predicted molar refractivity (Wildman–Crippen MR) is 138 cm³/mol. The van der Waals surface area contributed by atoms with Gasteiger partial charge in [0.2, 0.25) is 0 Å². The number of anilines is 1. The van der Waals surface area contributed by atoms with Gasteiger partial charge in [0.15, 0.2) is 0 Å². The van der Waals surface area contributed by atoms with E-state index in [-0.39, 0.29) is 17.3 Å². The highest BCUT2D eigenvalue weighted by molar-refractivity contribution is 7.15. The number of halogens is 3. The van der Waals surface area contributed by atoms with E-state index in [1.807, 2.05) is 14.1 Å². The first-order chi connectivity index (χ1) is 17.9. The van der Waals surface area contributed by atoms with Gasteiger partial charge in [-0.05, 0) is 70.8 Å². The number of nitrogens with one attached hydrogen (secondary N) is 1. The minimum atomic E-state index is -4.49. The lowest BCUT2D eigenvalue weighted by molar-refractivity contribution is -0.137. The topological polar surface area (TPSA) is 97.7 Å². The van der Waals surface area contributed by atoms with E-state index in [1.54, 1.807) is 30.9 Å². The maximum absolute atomic E-state index is 13.0. The molecule has 2 aliphatic rings. The molecule has 0 spiro atoms. The molecule has 1 N–H and O–H groups in total. The molecule has 2 unspecified atom stereocenters. The van der Waals surface area contributed by atoms with Crippen molar-refractivity contribution in [3.63, 3.8) is 0 Å². The molecule has 3 amide bonds. The van der Waals surface area contributed by atoms with Crippen LogP contribution in [0, 0.1) is 5.92 Å². The summed E-state index contributed by atoms with van der Waals surface area (Å²) in [6, 6.07) is 7.58. The molecule has 1 saturated heterocycles. The van der Waals surface area contributed by atoms with Crippen molar-refractivity contribution in [3.05, 3.63) is 51.7 Å². The number of amides is 3. The van der Waals surface area contributed by atoms with Crippen LogP contribution in [0.4, 0.5) is 18.9 Å². The van der Waals surface area contributed by atoms with Crippen LogP contribution in [0.1, 0.15) is 45.2 Å². The Morgan fingerprint density at radius 2 is 1.79 bits per heavy atom. The molecule has 0 aliphatic carbocycles. The van der Waals surface area contributed by atoms with Crippen molar-refractivity contribution in [3.8, 4) is 0 Å². The number of thiophene rings is 1. The van der Waals surface area contributed by atoms with E-state index in [2.05, 4.69) is 20.5 Å². The highest BCUT2D eigenvalue weighted by Crippen LogP contribution is 2.32. The van der Waals surface area contributed by atoms with Crippen LogP contribution < -0.4 is 10.4 Å². The first kappa shape index (κ1) is 27.5. The number of alkyl halides is 3. The van der Waals surface area contributed by atoms with Crippen LogP contribution in [0.25, 0.3) is 0 Å². The van der Waals surface area contributed by atoms with E-state index in [9.17, 15) is 27.6 Å². The summed E-state index contributed by atoms with van der Waals surface area (Å²) in [6.45, 7) is 4.44. The Balaban J connectivity index is 1.39. The summed E-state index contributed by atoms with van der Waals surface area (Å²) >= 11 is 1.07. The Kier molecular flexibility index (Phi) is 7.70. The smallest absolute Gasteiger partial charge is 0.336 e. The number of rotatable bonds is 6. The SMILES string of the molecule is CC1=NN(c2ccc(C(F)(F)F)cc2)C(=O)C1/C(C)=N/NC(=O)c1ccc(C(=O)N2CCC(N(C)C)C2)s1. The molecule has 0 bridgehead atoms. The molecular weight excluding hydrogens is 521 g/mol. The van der Waals surface area contributed by atoms with Gasteiger partial charge in [-0.15, -0.1) is 11.3 Å². The van der Waals surface area contributed by atoms with Crippen LogP contribution in [0.3, 0.4) is 0 Å². The average molecular weight is 549 g/mol. The summed E-state index contributed by atoms with van der Waals surface area (Å²) in [5, 5.41) is 9.27. The van der Waals surface area contributed by atoms with Crippen molar-refractivity contribution in [2.24, 2.45) is 16.1 Å². The Labute approximate surface area is 221 Å². The molecule has 202 valence electrons. The summed E-state index contributed by atoms with van der Waals surface area (Å²) in [5.74, 6) is -2.02. The van der Waals surface area contributed by atoms with Crippen molar-refractivity contribution >= 4 is 46.2 Å². The van der Waals surface area contributed by atoms with E-state index >= 15 is 0 Å². The number of carbonyl (C=O) groups excluding carboxylic acids is 3. The normalized spacial score (nSPS) is 20.4. The molecule has 4 rings (SSSR count). The lowest BCUT2D eigenvalue weighted by Crippen LogP contribution is -2.34. The van der Waals surface area contributed by atoms with Gasteiger partial charge in [-0.1, -0.05) is 0 Å². The highest BCUT2D eigenvalue weighted by atomic mass is 32.1. The van der Waals surface area contributed by atoms with Crippen molar-refractivity contribution in [2.75, 3.05) is 32.2 Å². The number of carbonyl (C=O) groups is 3. The van der Waals surface area contributed by atoms with E-state index in [0.29, 0.717) is 34.6 Å². The second-order valence-electron chi connectivity index (χ2n) is 9.38. The fourth-order valence-electron chi connectivity index (χ4n) is 4.36. The molecule has 9 nitrogen and oxygen atoms in total. The number of benzene rings is 1. The largest absolute Gasteiger partial charge is 0.416 e. The third-order valence-electron chi connectivity index (χ3n) is 6.54. The quantitative estimate of drug-likeness (QED) is 0.440. The zero-order valence-electron chi connectivity index (χ0n) is 21.2. The number of hydrazone groups is 2. The van der Waals surface area contributed by atoms with Crippen LogP contribution in [0.2, 0.25) is 0 Å². The van der Waals surface area contributed by atoms with Crippen molar-refractivity contribution < 1.29 is 27.6 Å². The molecule has 13 heteroatoms. The van der Waals surface area contributed by atoms with Gasteiger partial charge in [0.25, 0.3) is 17.7 Å². The van der Waals surface area contributed by atoms with Gasteiger partial charge >= 0.3 is 6.18 Å². The van der Waals surface area contributed by atoms with Crippen LogP contribution in [-0.2, 0) is 11.0 Å². The fraction of sp³-hybridized carbons (Fsp3) is 0.400.